The molecule has 0 saturated carbocycles. The van der Waals surface area contributed by atoms with Crippen molar-refractivity contribution in [3.63, 3.8) is 0 Å². The van der Waals surface area contributed by atoms with Gasteiger partial charge < -0.3 is 10.2 Å². The Balaban J connectivity index is 2.03. The van der Waals surface area contributed by atoms with Crippen LogP contribution in [0.15, 0.2) is 42.6 Å². The van der Waals surface area contributed by atoms with Gasteiger partial charge in [-0.15, -0.1) is 0 Å². The minimum Gasteiger partial charge on any atom is -0.371 e. The largest absolute Gasteiger partial charge is 0.371 e. The van der Waals surface area contributed by atoms with E-state index in [4.69, 9.17) is 11.6 Å². The second-order valence-electron chi connectivity index (χ2n) is 5.70. The Bertz CT molecular complexity index is 652. The van der Waals surface area contributed by atoms with Gasteiger partial charge in [0, 0.05) is 36.5 Å². The summed E-state index contributed by atoms with van der Waals surface area (Å²) in [7, 11) is 0. The molecule has 4 nitrogen and oxygen atoms in total. The molecule has 1 N–H and O–H groups in total. The summed E-state index contributed by atoms with van der Waals surface area (Å²) in [5.41, 5.74) is 2.49. The number of nitrogens with one attached hydrogen (secondary N) is 1. The molecule has 0 saturated heterocycles. The molecule has 0 aliphatic carbocycles. The first kappa shape index (κ1) is 18.3. The first-order chi connectivity index (χ1) is 11.6. The molecule has 1 heterocycles. The molecule has 1 amide bonds. The van der Waals surface area contributed by atoms with Crippen molar-refractivity contribution in [3.05, 3.63) is 58.9 Å². The highest BCUT2D eigenvalue weighted by atomic mass is 35.5. The molecule has 1 aromatic carbocycles. The molecule has 24 heavy (non-hydrogen) atoms. The van der Waals surface area contributed by atoms with Crippen LogP contribution in [0.1, 0.15) is 42.7 Å². The molecular weight excluding hydrogens is 322 g/mol. The Morgan fingerprint density at radius 3 is 2.42 bits per heavy atom. The number of hydrogen-bond donors (Lipinski definition) is 1. The predicted octanol–water partition coefficient (Wildman–Crippen LogP) is 4.29. The van der Waals surface area contributed by atoms with Crippen LogP contribution in [0.25, 0.3) is 0 Å². The van der Waals surface area contributed by atoms with E-state index in [2.05, 4.69) is 29.0 Å². The van der Waals surface area contributed by atoms with Crippen LogP contribution in [0.4, 0.5) is 5.69 Å². The maximum absolute atomic E-state index is 12.4. The van der Waals surface area contributed by atoms with E-state index >= 15 is 0 Å². The van der Waals surface area contributed by atoms with Gasteiger partial charge in [-0.05, 0) is 42.7 Å². The number of hydrogen-bond acceptors (Lipinski definition) is 3. The van der Waals surface area contributed by atoms with Gasteiger partial charge in [0.15, 0.2) is 0 Å². The molecule has 0 radical (unpaired) electrons. The summed E-state index contributed by atoms with van der Waals surface area (Å²) in [6, 6.07) is 11.3. The number of nitrogens with zero attached hydrogens (tertiary/aromatic N) is 2. The Labute approximate surface area is 148 Å². The Hall–Kier alpha value is -2.07. The second-order valence-corrected chi connectivity index (χ2v) is 6.13. The van der Waals surface area contributed by atoms with Crippen molar-refractivity contribution in [2.45, 2.75) is 33.2 Å². The zero-order valence-corrected chi connectivity index (χ0v) is 15.0. The highest BCUT2D eigenvalue weighted by Crippen LogP contribution is 2.16. The van der Waals surface area contributed by atoms with Crippen molar-refractivity contribution in [1.82, 2.24) is 10.3 Å². The average Bonchev–Trinajstić information content (AvgIpc) is 2.61. The SMILES string of the molecule is CCCN(CCC)c1ccnc(C(=O)NCc2ccc(Cl)cc2)c1. The van der Waals surface area contributed by atoms with E-state index < -0.39 is 0 Å². The molecule has 0 atom stereocenters. The number of rotatable bonds is 8. The lowest BCUT2D eigenvalue weighted by molar-refractivity contribution is 0.0946. The molecular formula is C19H24ClN3O. The fourth-order valence-corrected chi connectivity index (χ4v) is 2.65. The maximum Gasteiger partial charge on any atom is 0.270 e. The summed E-state index contributed by atoms with van der Waals surface area (Å²) in [6.07, 6.45) is 3.84. The van der Waals surface area contributed by atoms with Crippen molar-refractivity contribution in [3.8, 4) is 0 Å². The van der Waals surface area contributed by atoms with E-state index in [1.165, 1.54) is 0 Å². The third-order valence-electron chi connectivity index (χ3n) is 3.69. The van der Waals surface area contributed by atoms with E-state index in [-0.39, 0.29) is 5.91 Å². The number of pyridine rings is 1. The van der Waals surface area contributed by atoms with Crippen LogP contribution in [0, 0.1) is 0 Å². The van der Waals surface area contributed by atoms with Gasteiger partial charge in [-0.1, -0.05) is 37.6 Å². The van der Waals surface area contributed by atoms with Gasteiger partial charge in [-0.2, -0.15) is 0 Å². The van der Waals surface area contributed by atoms with E-state index in [1.807, 2.05) is 36.4 Å². The summed E-state index contributed by atoms with van der Waals surface area (Å²) in [4.78, 5) is 18.9. The topological polar surface area (TPSA) is 45.2 Å². The van der Waals surface area contributed by atoms with Crippen LogP contribution in [-0.4, -0.2) is 24.0 Å². The summed E-state index contributed by atoms with van der Waals surface area (Å²) in [5.74, 6) is -0.167. The highest BCUT2D eigenvalue weighted by Gasteiger charge is 2.11. The summed E-state index contributed by atoms with van der Waals surface area (Å²) >= 11 is 5.87. The molecule has 0 spiro atoms. The van der Waals surface area contributed by atoms with Crippen molar-refractivity contribution >= 4 is 23.2 Å². The number of carbonyl (C=O) groups excluding carboxylic acids is 1. The minimum atomic E-state index is -0.167. The molecule has 0 unspecified atom stereocenters. The number of halogens is 1. The van der Waals surface area contributed by atoms with Crippen LogP contribution >= 0.6 is 11.6 Å². The zero-order valence-electron chi connectivity index (χ0n) is 14.3. The van der Waals surface area contributed by atoms with Gasteiger partial charge in [-0.3, -0.25) is 9.78 Å². The fourth-order valence-electron chi connectivity index (χ4n) is 2.53. The molecule has 2 rings (SSSR count). The predicted molar refractivity (Wildman–Crippen MR) is 99.7 cm³/mol. The van der Waals surface area contributed by atoms with Crippen molar-refractivity contribution in [2.24, 2.45) is 0 Å². The lowest BCUT2D eigenvalue weighted by Gasteiger charge is -2.23. The molecule has 1 aromatic heterocycles. The Morgan fingerprint density at radius 1 is 1.12 bits per heavy atom. The van der Waals surface area contributed by atoms with Gasteiger partial charge in [0.05, 0.1) is 0 Å². The number of aromatic nitrogens is 1. The number of anilines is 1. The normalized spacial score (nSPS) is 10.5. The van der Waals surface area contributed by atoms with Gasteiger partial charge in [-0.25, -0.2) is 0 Å². The molecule has 128 valence electrons. The summed E-state index contributed by atoms with van der Waals surface area (Å²) in [6.45, 7) is 6.72. The molecule has 5 heteroatoms. The lowest BCUT2D eigenvalue weighted by atomic mass is 10.2. The third-order valence-corrected chi connectivity index (χ3v) is 3.95. The zero-order chi connectivity index (χ0) is 17.4. The maximum atomic E-state index is 12.4. The van der Waals surface area contributed by atoms with Gasteiger partial charge >= 0.3 is 0 Å². The van der Waals surface area contributed by atoms with Crippen molar-refractivity contribution < 1.29 is 4.79 Å². The smallest absolute Gasteiger partial charge is 0.270 e. The van der Waals surface area contributed by atoms with Crippen LogP contribution in [0.5, 0.6) is 0 Å². The quantitative estimate of drug-likeness (QED) is 0.776. The van der Waals surface area contributed by atoms with Crippen molar-refractivity contribution in [2.75, 3.05) is 18.0 Å². The standard InChI is InChI=1S/C19H24ClN3O/c1-3-11-23(12-4-2)17-9-10-21-18(13-17)19(24)22-14-15-5-7-16(20)8-6-15/h5-10,13H,3-4,11-12,14H2,1-2H3,(H,22,24). The number of amides is 1. The molecule has 0 aliphatic heterocycles. The van der Waals surface area contributed by atoms with Crippen LogP contribution in [0.2, 0.25) is 5.02 Å². The van der Waals surface area contributed by atoms with Gasteiger partial charge in [0.1, 0.15) is 5.69 Å². The summed E-state index contributed by atoms with van der Waals surface area (Å²) < 4.78 is 0. The van der Waals surface area contributed by atoms with Gasteiger partial charge in [0.2, 0.25) is 0 Å². The first-order valence-corrected chi connectivity index (χ1v) is 8.75. The van der Waals surface area contributed by atoms with Crippen LogP contribution in [0.3, 0.4) is 0 Å². The van der Waals surface area contributed by atoms with Crippen LogP contribution < -0.4 is 10.2 Å². The second kappa shape index (κ2) is 9.28. The van der Waals surface area contributed by atoms with E-state index in [9.17, 15) is 4.79 Å². The molecule has 0 bridgehead atoms. The molecule has 0 aliphatic rings. The minimum absolute atomic E-state index is 0.167. The lowest BCUT2D eigenvalue weighted by Crippen LogP contribution is -2.27. The summed E-state index contributed by atoms with van der Waals surface area (Å²) in [5, 5.41) is 3.59. The monoisotopic (exact) mass is 345 g/mol. The highest BCUT2D eigenvalue weighted by molar-refractivity contribution is 6.30. The Kier molecular flexibility index (Phi) is 7.07. The Morgan fingerprint density at radius 2 is 1.79 bits per heavy atom. The van der Waals surface area contributed by atoms with Crippen molar-refractivity contribution in [1.29, 1.82) is 0 Å². The van der Waals surface area contributed by atoms with E-state index in [0.717, 1.165) is 37.2 Å². The molecule has 2 aromatic rings. The average molecular weight is 346 g/mol. The third kappa shape index (κ3) is 5.24. The number of carbonyl (C=O) groups is 1. The van der Waals surface area contributed by atoms with E-state index in [0.29, 0.717) is 17.3 Å². The van der Waals surface area contributed by atoms with Gasteiger partial charge in [0.25, 0.3) is 5.91 Å². The van der Waals surface area contributed by atoms with E-state index in [1.54, 1.807) is 6.20 Å². The number of benzene rings is 1. The van der Waals surface area contributed by atoms with Crippen LogP contribution in [-0.2, 0) is 6.54 Å². The first-order valence-electron chi connectivity index (χ1n) is 8.37. The molecule has 0 fully saturated rings. The fraction of sp³-hybridized carbons (Fsp3) is 0.368.